The van der Waals surface area contributed by atoms with Gasteiger partial charge in [-0.2, -0.15) is 4.31 Å². The molecule has 8 heteroatoms. The molecule has 2 aromatic rings. The lowest BCUT2D eigenvalue weighted by Gasteiger charge is -2.15. The number of aryl methyl sites for hydroxylation is 2. The number of rotatable bonds is 6. The molecule has 3 rings (SSSR count). The van der Waals surface area contributed by atoms with Crippen molar-refractivity contribution in [1.29, 1.82) is 0 Å². The van der Waals surface area contributed by atoms with Crippen molar-refractivity contribution in [1.82, 2.24) is 9.29 Å². The predicted octanol–water partition coefficient (Wildman–Crippen LogP) is 2.84. The molecule has 1 saturated heterocycles. The summed E-state index contributed by atoms with van der Waals surface area (Å²) < 4.78 is 26.7. The number of carbonyl (C=O) groups excluding carboxylic acids is 1. The number of sulfonamides is 1. The average Bonchev–Trinajstić information content (AvgIpc) is 3.24. The summed E-state index contributed by atoms with van der Waals surface area (Å²) in [6.07, 6.45) is 1.77. The van der Waals surface area contributed by atoms with E-state index in [4.69, 9.17) is 0 Å². The van der Waals surface area contributed by atoms with Crippen LogP contribution in [0.3, 0.4) is 0 Å². The highest BCUT2D eigenvalue weighted by molar-refractivity contribution is 7.89. The normalized spacial score (nSPS) is 15.4. The van der Waals surface area contributed by atoms with Crippen molar-refractivity contribution in [2.24, 2.45) is 0 Å². The number of thiazole rings is 1. The van der Waals surface area contributed by atoms with Crippen molar-refractivity contribution in [2.45, 2.75) is 31.6 Å². The van der Waals surface area contributed by atoms with Crippen molar-refractivity contribution in [3.05, 3.63) is 40.4 Å². The van der Waals surface area contributed by atoms with Crippen LogP contribution in [0.5, 0.6) is 0 Å². The van der Waals surface area contributed by atoms with Gasteiger partial charge in [0.25, 0.3) is 0 Å². The molecule has 1 aromatic heterocycles. The number of nitrogens with one attached hydrogen (secondary N) is 1. The van der Waals surface area contributed by atoms with Gasteiger partial charge in [0.15, 0.2) is 10.9 Å². The Kier molecular flexibility index (Phi) is 5.21. The fraction of sp³-hybridized carbons (Fsp3) is 0.412. The molecular formula is C17H21N3O3S2. The van der Waals surface area contributed by atoms with Crippen LogP contribution in [-0.4, -0.2) is 43.1 Å². The third kappa shape index (κ3) is 3.91. The third-order valence-electron chi connectivity index (χ3n) is 4.29. The first-order valence-corrected chi connectivity index (χ1v) is 10.4. The number of hydrogen-bond acceptors (Lipinski definition) is 6. The Morgan fingerprint density at radius 1 is 1.28 bits per heavy atom. The molecule has 134 valence electrons. The minimum Gasteiger partial charge on any atom is -0.354 e. The van der Waals surface area contributed by atoms with E-state index in [0.717, 1.165) is 23.4 Å². The zero-order valence-corrected chi connectivity index (χ0v) is 15.9. The number of carbonyl (C=O) groups is 1. The first-order chi connectivity index (χ1) is 11.9. The van der Waals surface area contributed by atoms with Crippen LogP contribution >= 0.6 is 11.3 Å². The molecule has 1 aromatic carbocycles. The van der Waals surface area contributed by atoms with Crippen LogP contribution < -0.4 is 5.32 Å². The molecule has 1 fully saturated rings. The number of aromatic nitrogens is 1. The summed E-state index contributed by atoms with van der Waals surface area (Å²) in [6.45, 7) is 5.08. The smallest absolute Gasteiger partial charge is 0.243 e. The summed E-state index contributed by atoms with van der Waals surface area (Å²) in [4.78, 5) is 18.0. The van der Waals surface area contributed by atoms with Gasteiger partial charge in [0.2, 0.25) is 10.0 Å². The molecular weight excluding hydrogens is 358 g/mol. The lowest BCUT2D eigenvalue weighted by Crippen LogP contribution is -2.28. The largest absolute Gasteiger partial charge is 0.354 e. The van der Waals surface area contributed by atoms with E-state index in [-0.39, 0.29) is 17.2 Å². The minimum absolute atomic E-state index is 0.0829. The van der Waals surface area contributed by atoms with E-state index in [9.17, 15) is 13.2 Å². The Morgan fingerprint density at radius 3 is 2.64 bits per heavy atom. The first-order valence-electron chi connectivity index (χ1n) is 8.19. The van der Waals surface area contributed by atoms with E-state index in [2.05, 4.69) is 10.3 Å². The molecule has 25 heavy (non-hydrogen) atoms. The number of hydrogen-bond donors (Lipinski definition) is 1. The Bertz CT molecular complexity index is 865. The van der Waals surface area contributed by atoms with Gasteiger partial charge in [0, 0.05) is 23.5 Å². The van der Waals surface area contributed by atoms with Gasteiger partial charge in [-0.25, -0.2) is 13.4 Å². The van der Waals surface area contributed by atoms with Crippen molar-refractivity contribution >= 4 is 32.3 Å². The van der Waals surface area contributed by atoms with Gasteiger partial charge < -0.3 is 5.32 Å². The maximum atomic E-state index is 12.6. The van der Waals surface area contributed by atoms with Crippen LogP contribution in [0.4, 0.5) is 5.13 Å². The van der Waals surface area contributed by atoms with E-state index in [1.165, 1.54) is 21.7 Å². The Hall–Kier alpha value is -1.77. The lowest BCUT2D eigenvalue weighted by molar-refractivity contribution is 0.101. The molecule has 1 aliphatic heterocycles. The number of Topliss-reactive ketones (excluding diaryl/α,β-unsaturated/α-hetero) is 1. The van der Waals surface area contributed by atoms with Gasteiger partial charge in [-0.3, -0.25) is 4.79 Å². The molecule has 6 nitrogen and oxygen atoms in total. The maximum absolute atomic E-state index is 12.6. The third-order valence-corrected chi connectivity index (χ3v) is 7.21. The molecule has 0 radical (unpaired) electrons. The number of anilines is 1. The Morgan fingerprint density at radius 2 is 2.00 bits per heavy atom. The fourth-order valence-electron chi connectivity index (χ4n) is 2.71. The quantitative estimate of drug-likeness (QED) is 0.781. The molecule has 1 aliphatic rings. The molecule has 0 saturated carbocycles. The molecule has 0 bridgehead atoms. The first kappa shape index (κ1) is 18.0. The summed E-state index contributed by atoms with van der Waals surface area (Å²) in [7, 11) is -3.51. The monoisotopic (exact) mass is 379 g/mol. The van der Waals surface area contributed by atoms with E-state index < -0.39 is 10.0 Å². The van der Waals surface area contributed by atoms with Crippen LogP contribution in [0.1, 0.15) is 33.8 Å². The second kappa shape index (κ2) is 7.23. The Balaban J connectivity index is 1.73. The summed E-state index contributed by atoms with van der Waals surface area (Å²) in [6, 6.07) is 6.28. The van der Waals surface area contributed by atoms with Gasteiger partial charge in [-0.1, -0.05) is 12.1 Å². The summed E-state index contributed by atoms with van der Waals surface area (Å²) >= 11 is 1.50. The van der Waals surface area contributed by atoms with Crippen molar-refractivity contribution in [3.63, 3.8) is 0 Å². The maximum Gasteiger partial charge on any atom is 0.243 e. The van der Waals surface area contributed by atoms with E-state index >= 15 is 0 Å². The van der Waals surface area contributed by atoms with Gasteiger partial charge >= 0.3 is 0 Å². The van der Waals surface area contributed by atoms with Crippen molar-refractivity contribution in [3.8, 4) is 0 Å². The van der Waals surface area contributed by atoms with Crippen LogP contribution in [0, 0.1) is 13.8 Å². The predicted molar refractivity (Wildman–Crippen MR) is 98.8 cm³/mol. The van der Waals surface area contributed by atoms with Crippen LogP contribution in [0.15, 0.2) is 29.2 Å². The SMILES string of the molecule is Cc1nc(NCC(=O)c2cccc(S(=O)(=O)N3CCCC3)c2)sc1C. The summed E-state index contributed by atoms with van der Waals surface area (Å²) in [5.41, 5.74) is 1.33. The number of ketones is 1. The number of nitrogens with zero attached hydrogens (tertiary/aromatic N) is 2. The highest BCUT2D eigenvalue weighted by atomic mass is 32.2. The topological polar surface area (TPSA) is 79.4 Å². The van der Waals surface area contributed by atoms with Gasteiger partial charge in [0.05, 0.1) is 17.1 Å². The van der Waals surface area contributed by atoms with Gasteiger partial charge in [0.1, 0.15) is 0 Å². The molecule has 2 heterocycles. The van der Waals surface area contributed by atoms with E-state index in [1.807, 2.05) is 13.8 Å². The minimum atomic E-state index is -3.51. The van der Waals surface area contributed by atoms with Crippen molar-refractivity contribution < 1.29 is 13.2 Å². The standard InChI is InChI=1S/C17H21N3O3S2/c1-12-13(2)24-17(19-12)18-11-16(21)14-6-5-7-15(10-14)25(22,23)20-8-3-4-9-20/h5-7,10H,3-4,8-9,11H2,1-2H3,(H,18,19). The molecule has 0 aliphatic carbocycles. The van der Waals surface area contributed by atoms with Gasteiger partial charge in [-0.05, 0) is 38.8 Å². The van der Waals surface area contributed by atoms with Gasteiger partial charge in [-0.15, -0.1) is 11.3 Å². The molecule has 0 atom stereocenters. The molecule has 1 N–H and O–H groups in total. The zero-order chi connectivity index (χ0) is 18.0. The van der Waals surface area contributed by atoms with Crippen LogP contribution in [-0.2, 0) is 10.0 Å². The lowest BCUT2D eigenvalue weighted by atomic mass is 10.1. The average molecular weight is 380 g/mol. The Labute approximate surface area is 151 Å². The summed E-state index contributed by atoms with van der Waals surface area (Å²) in [5, 5.41) is 3.71. The fourth-order valence-corrected chi connectivity index (χ4v) is 5.09. The molecule has 0 unspecified atom stereocenters. The molecule has 0 amide bonds. The van der Waals surface area contributed by atoms with E-state index in [1.54, 1.807) is 18.2 Å². The van der Waals surface area contributed by atoms with E-state index in [0.29, 0.717) is 23.8 Å². The van der Waals surface area contributed by atoms with Crippen LogP contribution in [0.25, 0.3) is 0 Å². The second-order valence-electron chi connectivity index (χ2n) is 6.08. The van der Waals surface area contributed by atoms with Crippen molar-refractivity contribution in [2.75, 3.05) is 25.0 Å². The highest BCUT2D eigenvalue weighted by Gasteiger charge is 2.27. The second-order valence-corrected chi connectivity index (χ2v) is 9.22. The van der Waals surface area contributed by atoms with Crippen LogP contribution in [0.2, 0.25) is 0 Å². The number of benzene rings is 1. The molecule has 0 spiro atoms. The zero-order valence-electron chi connectivity index (χ0n) is 14.3. The highest BCUT2D eigenvalue weighted by Crippen LogP contribution is 2.23. The summed E-state index contributed by atoms with van der Waals surface area (Å²) in [5.74, 6) is -0.163.